The minimum absolute atomic E-state index is 0.00717. The molecule has 0 radical (unpaired) electrons. The van der Waals surface area contributed by atoms with E-state index in [1.165, 1.54) is 0 Å². The van der Waals surface area contributed by atoms with Crippen molar-refractivity contribution in [3.05, 3.63) is 18.2 Å². The third-order valence-corrected chi connectivity index (χ3v) is 4.44. The summed E-state index contributed by atoms with van der Waals surface area (Å²) >= 11 is 5.01. The van der Waals surface area contributed by atoms with Gasteiger partial charge in [-0.25, -0.2) is 0 Å². The average Bonchev–Trinajstić information content (AvgIpc) is 2.29. The van der Waals surface area contributed by atoms with Crippen molar-refractivity contribution in [2.24, 2.45) is 0 Å². The van der Waals surface area contributed by atoms with E-state index in [4.69, 9.17) is 0 Å². The molecular formula is C11H13BrN2OS. The molecule has 0 spiro atoms. The van der Waals surface area contributed by atoms with Gasteiger partial charge in [-0.15, -0.1) is 11.8 Å². The summed E-state index contributed by atoms with van der Waals surface area (Å²) < 4.78 is 0. The fraction of sp³-hybridized carbons (Fsp3) is 0.364. The van der Waals surface area contributed by atoms with E-state index in [-0.39, 0.29) is 11.2 Å². The van der Waals surface area contributed by atoms with Gasteiger partial charge in [0.15, 0.2) is 0 Å². The molecule has 16 heavy (non-hydrogen) atoms. The van der Waals surface area contributed by atoms with Crippen molar-refractivity contribution >= 4 is 45.0 Å². The van der Waals surface area contributed by atoms with Gasteiger partial charge in [0.25, 0.3) is 0 Å². The first-order valence-corrected chi connectivity index (χ1v) is 7.00. The highest BCUT2D eigenvalue weighted by atomic mass is 79.9. The number of benzene rings is 1. The van der Waals surface area contributed by atoms with Crippen LogP contribution in [0.15, 0.2) is 23.1 Å². The Hall–Kier alpha value is -0.680. The molecule has 0 fully saturated rings. The first kappa shape index (κ1) is 11.8. The average molecular weight is 301 g/mol. The Morgan fingerprint density at radius 2 is 2.31 bits per heavy atom. The number of fused-ring (bicyclic) bond motifs is 1. The molecule has 0 saturated heterocycles. The zero-order valence-corrected chi connectivity index (χ0v) is 11.6. The summed E-state index contributed by atoms with van der Waals surface area (Å²) in [5.41, 5.74) is 2.77. The maximum atomic E-state index is 11.6. The molecule has 1 heterocycles. The second kappa shape index (κ2) is 4.67. The van der Waals surface area contributed by atoms with Crippen molar-refractivity contribution in [2.75, 3.05) is 22.7 Å². The SMILES string of the molecule is CC1Sc2ccc(N(C)CBr)cc2NC1=O. The molecule has 5 heteroatoms. The number of carbonyl (C=O) groups is 1. The number of thioether (sulfide) groups is 1. The largest absolute Gasteiger partial charge is 0.365 e. The summed E-state index contributed by atoms with van der Waals surface area (Å²) in [6, 6.07) is 6.13. The fourth-order valence-corrected chi connectivity index (χ4v) is 2.72. The summed E-state index contributed by atoms with van der Waals surface area (Å²) in [6.07, 6.45) is 0. The molecule has 1 aromatic carbocycles. The van der Waals surface area contributed by atoms with Crippen LogP contribution in [0.4, 0.5) is 11.4 Å². The van der Waals surface area contributed by atoms with Gasteiger partial charge in [-0.05, 0) is 25.1 Å². The standard InChI is InChI=1S/C11H13BrN2OS/c1-7-11(15)13-9-5-8(14(2)6-12)3-4-10(9)16-7/h3-5,7H,6H2,1-2H3,(H,13,15). The van der Waals surface area contributed by atoms with Gasteiger partial charge in [-0.3, -0.25) is 4.79 Å². The number of hydrogen-bond donors (Lipinski definition) is 1. The maximum absolute atomic E-state index is 11.6. The van der Waals surface area contributed by atoms with Crippen molar-refractivity contribution in [2.45, 2.75) is 17.1 Å². The van der Waals surface area contributed by atoms with E-state index in [0.717, 1.165) is 21.7 Å². The molecular weight excluding hydrogens is 288 g/mol. The van der Waals surface area contributed by atoms with Crippen LogP contribution in [-0.2, 0) is 4.79 Å². The zero-order valence-electron chi connectivity index (χ0n) is 9.16. The first-order chi connectivity index (χ1) is 7.61. The number of anilines is 2. The number of amides is 1. The van der Waals surface area contributed by atoms with E-state index in [2.05, 4.69) is 38.3 Å². The second-order valence-corrected chi connectivity index (χ2v) is 5.63. The molecule has 0 bridgehead atoms. The first-order valence-electron chi connectivity index (χ1n) is 5.00. The Morgan fingerprint density at radius 1 is 1.56 bits per heavy atom. The third-order valence-electron chi connectivity index (χ3n) is 2.51. The van der Waals surface area contributed by atoms with E-state index in [1.54, 1.807) is 11.8 Å². The molecule has 1 N–H and O–H groups in total. The van der Waals surface area contributed by atoms with Crippen molar-refractivity contribution in [3.8, 4) is 0 Å². The van der Waals surface area contributed by atoms with Crippen LogP contribution < -0.4 is 10.2 Å². The number of carbonyl (C=O) groups excluding carboxylic acids is 1. The lowest BCUT2D eigenvalue weighted by Gasteiger charge is -2.24. The van der Waals surface area contributed by atoms with E-state index in [0.29, 0.717) is 0 Å². The van der Waals surface area contributed by atoms with Gasteiger partial charge < -0.3 is 10.2 Å². The molecule has 86 valence electrons. The summed E-state index contributed by atoms with van der Waals surface area (Å²) in [7, 11) is 2.00. The number of nitrogens with one attached hydrogen (secondary N) is 1. The molecule has 0 aromatic heterocycles. The van der Waals surface area contributed by atoms with Crippen LogP contribution in [0, 0.1) is 0 Å². The van der Waals surface area contributed by atoms with Gasteiger partial charge in [0, 0.05) is 17.6 Å². The highest BCUT2D eigenvalue weighted by Crippen LogP contribution is 2.37. The van der Waals surface area contributed by atoms with Crippen LogP contribution in [0.1, 0.15) is 6.92 Å². The number of alkyl halides is 1. The molecule has 1 unspecified atom stereocenters. The number of halogens is 1. The van der Waals surface area contributed by atoms with Crippen LogP contribution >= 0.6 is 27.7 Å². The smallest absolute Gasteiger partial charge is 0.237 e. The molecule has 1 atom stereocenters. The molecule has 2 rings (SSSR count). The normalized spacial score (nSPS) is 18.9. The molecule has 0 saturated carbocycles. The fourth-order valence-electron chi connectivity index (χ4n) is 1.50. The summed E-state index contributed by atoms with van der Waals surface area (Å²) in [4.78, 5) is 14.8. The van der Waals surface area contributed by atoms with Gasteiger partial charge in [0.1, 0.15) is 0 Å². The summed E-state index contributed by atoms with van der Waals surface area (Å²) in [6.45, 7) is 1.92. The molecule has 3 nitrogen and oxygen atoms in total. The van der Waals surface area contributed by atoms with Crippen LogP contribution in [0.3, 0.4) is 0 Å². The highest BCUT2D eigenvalue weighted by molar-refractivity contribution is 9.09. The van der Waals surface area contributed by atoms with Gasteiger partial charge in [0.05, 0.1) is 16.4 Å². The van der Waals surface area contributed by atoms with Crippen molar-refractivity contribution < 1.29 is 4.79 Å². The molecule has 1 aliphatic rings. The number of hydrogen-bond acceptors (Lipinski definition) is 3. The van der Waals surface area contributed by atoms with E-state index >= 15 is 0 Å². The monoisotopic (exact) mass is 300 g/mol. The van der Waals surface area contributed by atoms with Gasteiger partial charge in [-0.1, -0.05) is 15.9 Å². The lowest BCUT2D eigenvalue weighted by atomic mass is 10.2. The zero-order chi connectivity index (χ0) is 11.7. The molecule has 1 aliphatic heterocycles. The van der Waals surface area contributed by atoms with Crippen LogP contribution in [0.25, 0.3) is 0 Å². The number of nitrogens with zero attached hydrogens (tertiary/aromatic N) is 1. The Kier molecular flexibility index (Phi) is 3.44. The van der Waals surface area contributed by atoms with Gasteiger partial charge in [-0.2, -0.15) is 0 Å². The molecule has 1 aromatic rings. The maximum Gasteiger partial charge on any atom is 0.237 e. The Morgan fingerprint density at radius 3 is 3.00 bits per heavy atom. The van der Waals surface area contributed by atoms with E-state index in [1.807, 2.05) is 20.0 Å². The summed E-state index contributed by atoms with van der Waals surface area (Å²) in [5, 5.41) is 2.92. The third kappa shape index (κ3) is 2.20. The predicted octanol–water partition coefficient (Wildman–Crippen LogP) is 2.91. The lowest BCUT2D eigenvalue weighted by Crippen LogP contribution is -2.26. The van der Waals surface area contributed by atoms with E-state index < -0.39 is 0 Å². The Balaban J connectivity index is 2.32. The van der Waals surface area contributed by atoms with Gasteiger partial charge in [0.2, 0.25) is 5.91 Å². The van der Waals surface area contributed by atoms with Crippen molar-refractivity contribution in [3.63, 3.8) is 0 Å². The minimum Gasteiger partial charge on any atom is -0.365 e. The van der Waals surface area contributed by atoms with Crippen molar-refractivity contribution in [1.29, 1.82) is 0 Å². The van der Waals surface area contributed by atoms with Crippen LogP contribution in [0.2, 0.25) is 0 Å². The van der Waals surface area contributed by atoms with Crippen LogP contribution in [-0.4, -0.2) is 23.7 Å². The summed E-state index contributed by atoms with van der Waals surface area (Å²) in [5.74, 6) is 0.0798. The second-order valence-electron chi connectivity index (χ2n) is 3.75. The quantitative estimate of drug-likeness (QED) is 0.673. The molecule has 1 amide bonds. The highest BCUT2D eigenvalue weighted by Gasteiger charge is 2.23. The Labute approximate surface area is 108 Å². The minimum atomic E-state index is -0.00717. The van der Waals surface area contributed by atoms with Crippen LogP contribution in [0.5, 0.6) is 0 Å². The lowest BCUT2D eigenvalue weighted by molar-refractivity contribution is -0.115. The predicted molar refractivity (Wildman–Crippen MR) is 72.6 cm³/mol. The Bertz CT molecular complexity index is 424. The van der Waals surface area contributed by atoms with Gasteiger partial charge >= 0.3 is 0 Å². The van der Waals surface area contributed by atoms with E-state index in [9.17, 15) is 4.79 Å². The molecule has 0 aliphatic carbocycles. The van der Waals surface area contributed by atoms with Crippen molar-refractivity contribution in [1.82, 2.24) is 0 Å². The topological polar surface area (TPSA) is 32.3 Å². The number of rotatable bonds is 2.